The van der Waals surface area contributed by atoms with E-state index < -0.39 is 0 Å². The van der Waals surface area contributed by atoms with Crippen molar-refractivity contribution >= 4 is 11.6 Å². The van der Waals surface area contributed by atoms with E-state index in [2.05, 4.69) is 0 Å². The van der Waals surface area contributed by atoms with Crippen molar-refractivity contribution in [3.63, 3.8) is 0 Å². The van der Waals surface area contributed by atoms with Gasteiger partial charge in [-0.05, 0) is 54.1 Å². The highest BCUT2D eigenvalue weighted by Gasteiger charge is 2.17. The molecule has 0 radical (unpaired) electrons. The maximum Gasteiger partial charge on any atom is 0.231 e. The first kappa shape index (κ1) is 17.0. The summed E-state index contributed by atoms with van der Waals surface area (Å²) in [6, 6.07) is 22.8. The van der Waals surface area contributed by atoms with Crippen molar-refractivity contribution in [2.75, 3.05) is 11.7 Å². The molecule has 5 nitrogen and oxygen atoms in total. The van der Waals surface area contributed by atoms with E-state index in [1.54, 1.807) is 11.8 Å². The molecule has 0 aliphatic carbocycles. The zero-order valence-corrected chi connectivity index (χ0v) is 14.9. The smallest absolute Gasteiger partial charge is 0.231 e. The molecule has 1 aliphatic rings. The molecule has 4 rings (SSSR count). The average Bonchev–Trinajstić information content (AvgIpc) is 3.15. The lowest BCUT2D eigenvalue weighted by Crippen LogP contribution is -2.27. The highest BCUT2D eigenvalue weighted by atomic mass is 16.7. The number of benzene rings is 3. The van der Waals surface area contributed by atoms with Crippen LogP contribution >= 0.6 is 0 Å². The van der Waals surface area contributed by atoms with Crippen molar-refractivity contribution in [3.05, 3.63) is 78.4 Å². The predicted octanol–water partition coefficient (Wildman–Crippen LogP) is 4.76. The molecule has 0 N–H and O–H groups in total. The first-order valence-electron chi connectivity index (χ1n) is 8.69. The molecule has 5 heteroatoms. The number of amides is 1. The first-order valence-corrected chi connectivity index (χ1v) is 8.69. The molecule has 0 atom stereocenters. The Morgan fingerprint density at radius 3 is 2.37 bits per heavy atom. The van der Waals surface area contributed by atoms with Crippen molar-refractivity contribution in [2.24, 2.45) is 0 Å². The van der Waals surface area contributed by atoms with Crippen LogP contribution in [0.1, 0.15) is 12.5 Å². The van der Waals surface area contributed by atoms with E-state index in [-0.39, 0.29) is 12.7 Å². The van der Waals surface area contributed by atoms with Gasteiger partial charge in [-0.1, -0.05) is 24.3 Å². The van der Waals surface area contributed by atoms with Crippen LogP contribution < -0.4 is 19.1 Å². The molecule has 27 heavy (non-hydrogen) atoms. The van der Waals surface area contributed by atoms with Gasteiger partial charge in [0.1, 0.15) is 11.5 Å². The number of nitrogens with zero attached hydrogens (tertiary/aromatic N) is 1. The fourth-order valence-electron chi connectivity index (χ4n) is 2.93. The molecule has 1 amide bonds. The molecule has 0 spiro atoms. The van der Waals surface area contributed by atoms with Gasteiger partial charge in [0.05, 0.1) is 6.54 Å². The summed E-state index contributed by atoms with van der Waals surface area (Å²) in [5.41, 5.74) is 1.78. The van der Waals surface area contributed by atoms with Gasteiger partial charge >= 0.3 is 0 Å². The molecular formula is C22H19NO4. The van der Waals surface area contributed by atoms with Crippen molar-refractivity contribution in [1.82, 2.24) is 0 Å². The van der Waals surface area contributed by atoms with E-state index >= 15 is 0 Å². The van der Waals surface area contributed by atoms with Gasteiger partial charge < -0.3 is 19.1 Å². The summed E-state index contributed by atoms with van der Waals surface area (Å²) in [6.07, 6.45) is 0. The van der Waals surface area contributed by atoms with Crippen molar-refractivity contribution in [3.8, 4) is 23.0 Å². The van der Waals surface area contributed by atoms with Crippen LogP contribution in [-0.4, -0.2) is 12.7 Å². The van der Waals surface area contributed by atoms with Gasteiger partial charge in [0.15, 0.2) is 11.5 Å². The Morgan fingerprint density at radius 1 is 0.926 bits per heavy atom. The lowest BCUT2D eigenvalue weighted by Gasteiger charge is -2.22. The minimum absolute atomic E-state index is 0.0376. The Bertz CT molecular complexity index is 938. The first-order chi connectivity index (χ1) is 13.2. The van der Waals surface area contributed by atoms with Crippen LogP contribution in [0.3, 0.4) is 0 Å². The number of para-hydroxylation sites is 1. The van der Waals surface area contributed by atoms with Gasteiger partial charge in [0, 0.05) is 12.6 Å². The summed E-state index contributed by atoms with van der Waals surface area (Å²) < 4.78 is 16.6. The molecule has 0 bridgehead atoms. The lowest BCUT2D eigenvalue weighted by molar-refractivity contribution is -0.116. The normalized spacial score (nSPS) is 11.9. The van der Waals surface area contributed by atoms with E-state index in [0.29, 0.717) is 12.3 Å². The second kappa shape index (κ2) is 7.41. The third kappa shape index (κ3) is 3.87. The fourth-order valence-corrected chi connectivity index (χ4v) is 2.93. The standard InChI is InChI=1S/C22H19NO4/c1-16(24)23(14-17-7-12-21-22(13-17)26-15-25-21)18-8-10-20(11-9-18)27-19-5-3-2-4-6-19/h2-13H,14-15H2,1H3. The molecule has 0 saturated heterocycles. The van der Waals surface area contributed by atoms with Gasteiger partial charge in [-0.25, -0.2) is 0 Å². The van der Waals surface area contributed by atoms with Crippen LogP contribution in [0.4, 0.5) is 5.69 Å². The Kier molecular flexibility index (Phi) is 4.66. The zero-order valence-electron chi connectivity index (χ0n) is 14.9. The number of fused-ring (bicyclic) bond motifs is 1. The van der Waals surface area contributed by atoms with Gasteiger partial charge in [-0.15, -0.1) is 0 Å². The Morgan fingerprint density at radius 2 is 1.63 bits per heavy atom. The minimum atomic E-state index is -0.0376. The van der Waals surface area contributed by atoms with Crippen LogP contribution in [0.25, 0.3) is 0 Å². The van der Waals surface area contributed by atoms with Crippen LogP contribution in [0.15, 0.2) is 72.8 Å². The summed E-state index contributed by atoms with van der Waals surface area (Å²) in [7, 11) is 0. The third-order valence-electron chi connectivity index (χ3n) is 4.29. The number of carbonyl (C=O) groups is 1. The van der Waals surface area contributed by atoms with Crippen LogP contribution in [0, 0.1) is 0 Å². The van der Waals surface area contributed by atoms with Gasteiger partial charge in [-0.3, -0.25) is 4.79 Å². The highest BCUT2D eigenvalue weighted by Crippen LogP contribution is 2.33. The molecule has 1 aliphatic heterocycles. The summed E-state index contributed by atoms with van der Waals surface area (Å²) in [5.74, 6) is 2.90. The van der Waals surface area contributed by atoms with Crippen LogP contribution in [0.5, 0.6) is 23.0 Å². The fraction of sp³-hybridized carbons (Fsp3) is 0.136. The number of rotatable bonds is 5. The number of hydrogen-bond donors (Lipinski definition) is 0. The Balaban J connectivity index is 1.51. The predicted molar refractivity (Wildman–Crippen MR) is 102 cm³/mol. The maximum atomic E-state index is 12.2. The van der Waals surface area contributed by atoms with E-state index in [9.17, 15) is 4.79 Å². The number of hydrogen-bond acceptors (Lipinski definition) is 4. The molecular weight excluding hydrogens is 342 g/mol. The summed E-state index contributed by atoms with van der Waals surface area (Å²) >= 11 is 0. The largest absolute Gasteiger partial charge is 0.457 e. The minimum Gasteiger partial charge on any atom is -0.457 e. The highest BCUT2D eigenvalue weighted by molar-refractivity contribution is 5.91. The average molecular weight is 361 g/mol. The maximum absolute atomic E-state index is 12.2. The molecule has 1 heterocycles. The molecule has 0 unspecified atom stereocenters. The molecule has 0 aromatic heterocycles. The summed E-state index contributed by atoms with van der Waals surface area (Å²) in [6.45, 7) is 2.24. The van der Waals surface area contributed by atoms with E-state index in [1.165, 1.54) is 0 Å². The van der Waals surface area contributed by atoms with Crippen molar-refractivity contribution in [2.45, 2.75) is 13.5 Å². The second-order valence-corrected chi connectivity index (χ2v) is 6.20. The molecule has 3 aromatic carbocycles. The van der Waals surface area contributed by atoms with E-state index in [0.717, 1.165) is 28.5 Å². The van der Waals surface area contributed by atoms with Gasteiger partial charge in [-0.2, -0.15) is 0 Å². The SMILES string of the molecule is CC(=O)N(Cc1ccc2c(c1)OCO2)c1ccc(Oc2ccccc2)cc1. The number of anilines is 1. The van der Waals surface area contributed by atoms with Crippen molar-refractivity contribution in [1.29, 1.82) is 0 Å². The Hall–Kier alpha value is -3.47. The number of carbonyl (C=O) groups excluding carboxylic acids is 1. The zero-order chi connectivity index (χ0) is 18.6. The monoisotopic (exact) mass is 361 g/mol. The lowest BCUT2D eigenvalue weighted by atomic mass is 10.1. The Labute approximate surface area is 157 Å². The third-order valence-corrected chi connectivity index (χ3v) is 4.29. The molecule has 136 valence electrons. The molecule has 3 aromatic rings. The molecule has 0 fully saturated rings. The number of ether oxygens (including phenoxy) is 3. The van der Waals surface area contributed by atoms with Crippen LogP contribution in [-0.2, 0) is 11.3 Å². The second-order valence-electron chi connectivity index (χ2n) is 6.20. The molecule has 0 saturated carbocycles. The van der Waals surface area contributed by atoms with E-state index in [1.807, 2.05) is 72.8 Å². The summed E-state index contributed by atoms with van der Waals surface area (Å²) in [5, 5.41) is 0. The summed E-state index contributed by atoms with van der Waals surface area (Å²) in [4.78, 5) is 13.9. The topological polar surface area (TPSA) is 48.0 Å². The van der Waals surface area contributed by atoms with E-state index in [4.69, 9.17) is 14.2 Å². The quantitative estimate of drug-likeness (QED) is 0.657. The van der Waals surface area contributed by atoms with Crippen molar-refractivity contribution < 1.29 is 19.0 Å². The van der Waals surface area contributed by atoms with Gasteiger partial charge in [0.25, 0.3) is 0 Å². The van der Waals surface area contributed by atoms with Gasteiger partial charge in [0.2, 0.25) is 12.7 Å². The van der Waals surface area contributed by atoms with Crippen LogP contribution in [0.2, 0.25) is 0 Å².